The number of pyridine rings is 2. The fourth-order valence-corrected chi connectivity index (χ4v) is 11.3. The highest BCUT2D eigenvalue weighted by Gasteiger charge is 2.26. The number of hydrogen-bond donors (Lipinski definition) is 0. The maximum atomic E-state index is 7.26. The van der Waals surface area contributed by atoms with Crippen molar-refractivity contribution in [3.63, 3.8) is 0 Å². The van der Waals surface area contributed by atoms with Crippen LogP contribution >= 0.6 is 0 Å². The molecule has 11 aromatic rings. The summed E-state index contributed by atoms with van der Waals surface area (Å²) in [6.45, 7) is 14.1. The predicted octanol–water partition coefficient (Wildman–Crippen LogP) is 13.0. The number of fused-ring (bicyclic) bond motifs is 8. The van der Waals surface area contributed by atoms with Crippen LogP contribution in [0.5, 0.6) is 11.5 Å². The maximum Gasteiger partial charge on any atom is 0.149 e. The zero-order valence-electron chi connectivity index (χ0n) is 35.6. The molecule has 0 unspecified atom stereocenters. The third-order valence-electron chi connectivity index (χ3n) is 12.0. The number of para-hydroxylation sites is 5. The molecule has 5 heterocycles. The number of nitrogens with zero attached hydrogens (tertiary/aromatic N) is 5. The molecule has 0 saturated carbocycles. The van der Waals surface area contributed by atoms with Gasteiger partial charge in [0, 0.05) is 34.5 Å². The second-order valence-electron chi connectivity index (χ2n) is 18.2. The molecule has 6 aromatic carbocycles. The van der Waals surface area contributed by atoms with E-state index >= 15 is 0 Å². The number of imidazole rings is 2. The predicted molar refractivity (Wildman–Crippen MR) is 261 cm³/mol. The van der Waals surface area contributed by atoms with Crippen molar-refractivity contribution in [2.75, 3.05) is 0 Å². The zero-order valence-corrected chi connectivity index (χ0v) is 37.6. The van der Waals surface area contributed by atoms with Gasteiger partial charge in [-0.2, -0.15) is 0 Å². The van der Waals surface area contributed by atoms with Gasteiger partial charge in [0.05, 0.1) is 55.0 Å². The van der Waals surface area contributed by atoms with Crippen molar-refractivity contribution in [1.29, 1.82) is 0 Å². The van der Waals surface area contributed by atoms with Gasteiger partial charge in [0.1, 0.15) is 34.1 Å². The first-order valence-electron chi connectivity index (χ1n) is 21.2. The molecule has 0 bridgehead atoms. The summed E-state index contributed by atoms with van der Waals surface area (Å²) in [6, 6.07) is 53.0. The first-order valence-corrected chi connectivity index (χ1v) is 28.2. The number of aromatic nitrogens is 5. The van der Waals surface area contributed by atoms with Crippen LogP contribution in [-0.4, -0.2) is 40.1 Å². The van der Waals surface area contributed by atoms with Crippen molar-refractivity contribution in [2.45, 2.75) is 39.3 Å². The third-order valence-corrected chi connectivity index (χ3v) is 16.0. The highest BCUT2D eigenvalue weighted by Crippen LogP contribution is 2.42. The summed E-state index contributed by atoms with van der Waals surface area (Å²) >= 11 is 0. The summed E-state index contributed by atoms with van der Waals surface area (Å²) < 4.78 is 18.5. The number of furan rings is 1. The van der Waals surface area contributed by atoms with Crippen molar-refractivity contribution in [1.82, 2.24) is 23.9 Å². The molecule has 62 heavy (non-hydrogen) atoms. The fraction of sp³-hybridized carbons (Fsp3) is 0.113. The largest absolute Gasteiger partial charge is 0.457 e. The van der Waals surface area contributed by atoms with E-state index in [1.807, 2.05) is 24.5 Å². The van der Waals surface area contributed by atoms with Crippen molar-refractivity contribution in [3.8, 4) is 51.0 Å². The van der Waals surface area contributed by atoms with E-state index in [2.05, 4.69) is 188 Å². The summed E-state index contributed by atoms with van der Waals surface area (Å²) in [7, 11) is -3.54. The number of ether oxygens (including phenoxy) is 1. The van der Waals surface area contributed by atoms with Gasteiger partial charge in [-0.15, -0.1) is 0 Å². The number of hydrogen-bond acceptors (Lipinski definition) is 5. The van der Waals surface area contributed by atoms with E-state index in [0.717, 1.165) is 94.9 Å². The molecule has 7 nitrogen and oxygen atoms in total. The van der Waals surface area contributed by atoms with E-state index < -0.39 is 16.1 Å². The molecule has 0 spiro atoms. The van der Waals surface area contributed by atoms with Crippen molar-refractivity contribution in [2.24, 2.45) is 0 Å². The Morgan fingerprint density at radius 1 is 0.597 bits per heavy atom. The Hall–Kier alpha value is -7.08. The fourth-order valence-electron chi connectivity index (χ4n) is 8.79. The Balaban J connectivity index is 1.13. The van der Waals surface area contributed by atoms with Crippen LogP contribution in [0, 0.1) is 0 Å². The molecule has 0 aliphatic rings. The molecule has 9 heteroatoms. The molecule has 0 fully saturated rings. The van der Waals surface area contributed by atoms with Gasteiger partial charge >= 0.3 is 0 Å². The highest BCUT2D eigenvalue weighted by atomic mass is 28.3. The molecule has 0 saturated heterocycles. The van der Waals surface area contributed by atoms with Gasteiger partial charge in [-0.25, -0.2) is 9.97 Å². The average molecular weight is 840 g/mol. The van der Waals surface area contributed by atoms with Gasteiger partial charge in [-0.1, -0.05) is 130 Å². The number of benzene rings is 6. The lowest BCUT2D eigenvalue weighted by Crippen LogP contribution is -2.38. The SMILES string of the molecule is C[Si](C)(C)c1ccc(-c2cc(Oc3cc(-c4nc5ccccc5n4-c4ccccc4-c4ccccc4)ccc3[Si](C)(C)C)cc3c2oc2ccn4c5ccccc5nc4c23)nc1. The van der Waals surface area contributed by atoms with E-state index in [1.54, 1.807) is 0 Å². The second-order valence-corrected chi connectivity index (χ2v) is 28.3. The summed E-state index contributed by atoms with van der Waals surface area (Å²) in [6.07, 6.45) is 4.09. The van der Waals surface area contributed by atoms with Gasteiger partial charge in [-0.3, -0.25) is 14.0 Å². The standard InChI is InChI=1S/C53H45N5O2Si2/c1-61(2,3)37-25-26-41(54-33-37)39-31-36(32-40-50-47(60-51(39)40)28-29-57-45-22-14-11-19-42(45)56-53(50)57)59-48-30-35(24-27-49(48)62(4,5)6)52-55-43-20-12-15-23-46(43)58(52)44-21-13-10-18-38(44)34-16-8-7-9-17-34/h7-33H,1-6H3. The molecule has 302 valence electrons. The topological polar surface area (TPSA) is 70.4 Å². The highest BCUT2D eigenvalue weighted by molar-refractivity contribution is 6.89. The molecule has 11 rings (SSSR count). The maximum absolute atomic E-state index is 7.26. The van der Waals surface area contributed by atoms with Gasteiger partial charge < -0.3 is 9.15 Å². The Kier molecular flexibility index (Phi) is 8.71. The van der Waals surface area contributed by atoms with Crippen molar-refractivity contribution in [3.05, 3.63) is 164 Å². The Labute approximate surface area is 361 Å². The van der Waals surface area contributed by atoms with E-state index in [9.17, 15) is 0 Å². The third kappa shape index (κ3) is 6.35. The lowest BCUT2D eigenvalue weighted by atomic mass is 10.0. The molecule has 5 aromatic heterocycles. The van der Waals surface area contributed by atoms with E-state index in [0.29, 0.717) is 5.75 Å². The molecule has 0 aliphatic carbocycles. The van der Waals surface area contributed by atoms with Crippen LogP contribution in [0.1, 0.15) is 0 Å². The molecule has 0 atom stereocenters. The Morgan fingerprint density at radius 3 is 2.08 bits per heavy atom. The lowest BCUT2D eigenvalue weighted by Gasteiger charge is -2.22. The van der Waals surface area contributed by atoms with E-state index in [-0.39, 0.29) is 0 Å². The number of rotatable bonds is 8. The Bertz CT molecular complexity index is 3520. The molecular weight excluding hydrogens is 795 g/mol. The molecule has 0 amide bonds. The summed E-state index contributed by atoms with van der Waals surface area (Å²) in [4.78, 5) is 15.5. The summed E-state index contributed by atoms with van der Waals surface area (Å²) in [5, 5.41) is 4.38. The average Bonchev–Trinajstić information content (AvgIpc) is 3.97. The minimum atomic E-state index is -1.95. The van der Waals surface area contributed by atoms with Crippen LogP contribution in [-0.2, 0) is 0 Å². The van der Waals surface area contributed by atoms with Crippen LogP contribution in [0.3, 0.4) is 0 Å². The molecule has 0 N–H and O–H groups in total. The minimum Gasteiger partial charge on any atom is -0.457 e. The Morgan fingerprint density at radius 2 is 1.32 bits per heavy atom. The van der Waals surface area contributed by atoms with E-state index in [4.69, 9.17) is 24.1 Å². The van der Waals surface area contributed by atoms with Crippen molar-refractivity contribution < 1.29 is 9.15 Å². The van der Waals surface area contributed by atoms with Crippen LogP contribution in [0.15, 0.2) is 168 Å². The van der Waals surface area contributed by atoms with Gasteiger partial charge in [0.15, 0.2) is 0 Å². The minimum absolute atomic E-state index is 0.698. The molecule has 0 aliphatic heterocycles. The van der Waals surface area contributed by atoms with Gasteiger partial charge in [-0.05, 0) is 76.6 Å². The first kappa shape index (κ1) is 37.9. The summed E-state index contributed by atoms with van der Waals surface area (Å²) in [5.74, 6) is 2.36. The smallest absolute Gasteiger partial charge is 0.149 e. The monoisotopic (exact) mass is 839 g/mol. The van der Waals surface area contributed by atoms with Crippen LogP contribution in [0.4, 0.5) is 0 Å². The second kappa shape index (κ2) is 14.3. The quantitative estimate of drug-likeness (QED) is 0.143. The van der Waals surface area contributed by atoms with Gasteiger partial charge in [0.2, 0.25) is 0 Å². The molecular formula is C53H45N5O2Si2. The lowest BCUT2D eigenvalue weighted by molar-refractivity contribution is 0.487. The molecule has 0 radical (unpaired) electrons. The van der Waals surface area contributed by atoms with Crippen LogP contribution in [0.25, 0.3) is 89.1 Å². The first-order chi connectivity index (χ1) is 30.0. The van der Waals surface area contributed by atoms with Crippen LogP contribution < -0.4 is 15.1 Å². The zero-order chi connectivity index (χ0) is 42.3. The van der Waals surface area contributed by atoms with Gasteiger partial charge in [0.25, 0.3) is 0 Å². The van der Waals surface area contributed by atoms with E-state index in [1.165, 1.54) is 10.4 Å². The normalized spacial score (nSPS) is 12.4. The van der Waals surface area contributed by atoms with Crippen LogP contribution in [0.2, 0.25) is 39.3 Å². The van der Waals surface area contributed by atoms with Crippen molar-refractivity contribution >= 4 is 76.2 Å². The summed E-state index contributed by atoms with van der Waals surface area (Å²) in [5.41, 5.74) is 12.3.